The van der Waals surface area contributed by atoms with E-state index in [1.54, 1.807) is 17.5 Å². The Morgan fingerprint density at radius 3 is 2.94 bits per heavy atom. The second-order valence-corrected chi connectivity index (χ2v) is 4.67. The summed E-state index contributed by atoms with van der Waals surface area (Å²) < 4.78 is 1.18. The van der Waals surface area contributed by atoms with Crippen LogP contribution in [0.2, 0.25) is 0 Å². The van der Waals surface area contributed by atoms with E-state index in [1.165, 1.54) is 10.3 Å². The maximum Gasteiger partial charge on any atom is 0.129 e. The largest absolute Gasteiger partial charge is 0.383 e. The second-order valence-electron chi connectivity index (χ2n) is 3.64. The van der Waals surface area contributed by atoms with E-state index < -0.39 is 0 Å². The highest BCUT2D eigenvalue weighted by molar-refractivity contribution is 7.21. The van der Waals surface area contributed by atoms with Crippen LogP contribution in [0.4, 0.5) is 5.82 Å². The van der Waals surface area contributed by atoms with Crippen LogP contribution in [0.15, 0.2) is 24.4 Å². The lowest BCUT2D eigenvalue weighted by Crippen LogP contribution is -1.86. The van der Waals surface area contributed by atoms with Gasteiger partial charge in [-0.15, -0.1) is 11.3 Å². The van der Waals surface area contributed by atoms with Crippen LogP contribution < -0.4 is 5.73 Å². The van der Waals surface area contributed by atoms with Crippen molar-refractivity contribution >= 4 is 27.4 Å². The quantitative estimate of drug-likeness (QED) is 0.675. The molecule has 0 aliphatic heterocycles. The van der Waals surface area contributed by atoms with E-state index in [-0.39, 0.29) is 0 Å². The molecule has 0 bridgehead atoms. The van der Waals surface area contributed by atoms with E-state index in [0.29, 0.717) is 5.82 Å². The van der Waals surface area contributed by atoms with Crippen molar-refractivity contribution in [1.29, 1.82) is 0 Å². The van der Waals surface area contributed by atoms with Crippen molar-refractivity contribution < 1.29 is 0 Å². The molecular weight excluding hydrogens is 220 g/mol. The summed E-state index contributed by atoms with van der Waals surface area (Å²) in [4.78, 5) is 4.59. The number of benzene rings is 1. The molecule has 80 valence electrons. The molecule has 0 aliphatic rings. The number of hydrogen-bond donors (Lipinski definition) is 2. The molecule has 0 radical (unpaired) electrons. The SMILES string of the molecule is Cc1cccc2sc(-c3cn[nH]c3N)nc12. The maximum atomic E-state index is 5.78. The van der Waals surface area contributed by atoms with Crippen LogP contribution in [0.25, 0.3) is 20.8 Å². The first kappa shape index (κ1) is 9.35. The molecule has 4 nitrogen and oxygen atoms in total. The number of aromatic nitrogens is 3. The highest BCUT2D eigenvalue weighted by atomic mass is 32.1. The van der Waals surface area contributed by atoms with Gasteiger partial charge in [-0.25, -0.2) is 4.98 Å². The Morgan fingerprint density at radius 2 is 2.25 bits per heavy atom. The molecule has 0 saturated carbocycles. The number of fused-ring (bicyclic) bond motifs is 1. The van der Waals surface area contributed by atoms with Crippen LogP contribution in [0, 0.1) is 6.92 Å². The fraction of sp³-hybridized carbons (Fsp3) is 0.0909. The lowest BCUT2D eigenvalue weighted by molar-refractivity contribution is 1.10. The highest BCUT2D eigenvalue weighted by Crippen LogP contribution is 2.33. The Kier molecular flexibility index (Phi) is 1.94. The molecule has 3 aromatic rings. The van der Waals surface area contributed by atoms with Crippen molar-refractivity contribution in [3.05, 3.63) is 30.0 Å². The van der Waals surface area contributed by atoms with E-state index in [9.17, 15) is 0 Å². The van der Waals surface area contributed by atoms with E-state index in [1.807, 2.05) is 6.07 Å². The van der Waals surface area contributed by atoms with Crippen molar-refractivity contribution in [2.45, 2.75) is 6.92 Å². The number of rotatable bonds is 1. The summed E-state index contributed by atoms with van der Waals surface area (Å²) in [5, 5.41) is 7.54. The molecule has 0 atom stereocenters. The molecule has 0 saturated heterocycles. The zero-order valence-electron chi connectivity index (χ0n) is 8.69. The first-order valence-corrected chi connectivity index (χ1v) is 5.73. The maximum absolute atomic E-state index is 5.78. The third-order valence-corrected chi connectivity index (χ3v) is 3.57. The van der Waals surface area contributed by atoms with Crippen molar-refractivity contribution in [3.8, 4) is 10.6 Å². The molecule has 2 aromatic heterocycles. The number of para-hydroxylation sites is 1. The van der Waals surface area contributed by atoms with Crippen LogP contribution in [-0.4, -0.2) is 15.2 Å². The van der Waals surface area contributed by atoms with Crippen LogP contribution in [0.1, 0.15) is 5.56 Å². The molecule has 0 fully saturated rings. The van der Waals surface area contributed by atoms with Gasteiger partial charge < -0.3 is 5.73 Å². The summed E-state index contributed by atoms with van der Waals surface area (Å²) in [6.45, 7) is 2.06. The summed E-state index contributed by atoms with van der Waals surface area (Å²) in [6, 6.07) is 6.17. The third kappa shape index (κ3) is 1.29. The average molecular weight is 230 g/mol. The van der Waals surface area contributed by atoms with Gasteiger partial charge >= 0.3 is 0 Å². The lowest BCUT2D eigenvalue weighted by Gasteiger charge is -1.91. The van der Waals surface area contributed by atoms with Gasteiger partial charge in [0.05, 0.1) is 22.0 Å². The molecule has 2 heterocycles. The van der Waals surface area contributed by atoms with Gasteiger partial charge in [0.1, 0.15) is 10.8 Å². The topological polar surface area (TPSA) is 67.6 Å². The number of nitrogens with two attached hydrogens (primary N) is 1. The number of thiazole rings is 1. The molecule has 0 aliphatic carbocycles. The summed E-state index contributed by atoms with van der Waals surface area (Å²) in [5.74, 6) is 0.566. The Labute approximate surface area is 96.1 Å². The molecule has 3 rings (SSSR count). The summed E-state index contributed by atoms with van der Waals surface area (Å²) in [5.41, 5.74) is 8.88. The third-order valence-electron chi connectivity index (χ3n) is 2.52. The molecule has 1 aromatic carbocycles. The van der Waals surface area contributed by atoms with E-state index >= 15 is 0 Å². The van der Waals surface area contributed by atoms with Crippen molar-refractivity contribution in [1.82, 2.24) is 15.2 Å². The Balaban J connectivity index is 2.27. The van der Waals surface area contributed by atoms with Gasteiger partial charge in [0.15, 0.2) is 0 Å². The molecular formula is C11H10N4S. The second kappa shape index (κ2) is 3.31. The van der Waals surface area contributed by atoms with Gasteiger partial charge in [0, 0.05) is 0 Å². The average Bonchev–Trinajstić information content (AvgIpc) is 2.84. The van der Waals surface area contributed by atoms with Crippen molar-refractivity contribution in [3.63, 3.8) is 0 Å². The minimum absolute atomic E-state index is 0.566. The number of nitrogens with zero attached hydrogens (tertiary/aromatic N) is 2. The lowest BCUT2D eigenvalue weighted by atomic mass is 10.2. The zero-order chi connectivity index (χ0) is 11.1. The number of nitrogen functional groups attached to an aromatic ring is 1. The summed E-state index contributed by atoms with van der Waals surface area (Å²) in [7, 11) is 0. The van der Waals surface area contributed by atoms with E-state index in [2.05, 4.69) is 34.2 Å². The number of aromatic amines is 1. The summed E-state index contributed by atoms with van der Waals surface area (Å²) >= 11 is 1.63. The van der Waals surface area contributed by atoms with E-state index in [0.717, 1.165) is 16.1 Å². The van der Waals surface area contributed by atoms with Gasteiger partial charge in [-0.3, -0.25) is 5.10 Å². The molecule has 3 N–H and O–H groups in total. The molecule has 0 unspecified atom stereocenters. The van der Waals surface area contributed by atoms with Crippen molar-refractivity contribution in [2.75, 3.05) is 5.73 Å². The normalized spacial score (nSPS) is 11.1. The molecule has 0 amide bonds. The first-order chi connectivity index (χ1) is 7.75. The van der Waals surface area contributed by atoms with Crippen LogP contribution in [0.3, 0.4) is 0 Å². The van der Waals surface area contributed by atoms with Crippen molar-refractivity contribution in [2.24, 2.45) is 0 Å². The predicted octanol–water partition coefficient (Wildman–Crippen LogP) is 2.58. The van der Waals surface area contributed by atoms with Gasteiger partial charge in [-0.1, -0.05) is 12.1 Å². The molecule has 5 heteroatoms. The number of anilines is 1. The molecule has 0 spiro atoms. The van der Waals surface area contributed by atoms with Crippen LogP contribution in [0.5, 0.6) is 0 Å². The van der Waals surface area contributed by atoms with Gasteiger partial charge in [0.25, 0.3) is 0 Å². The number of H-pyrrole nitrogens is 1. The minimum Gasteiger partial charge on any atom is -0.383 e. The van der Waals surface area contributed by atoms with Gasteiger partial charge in [-0.2, -0.15) is 5.10 Å². The predicted molar refractivity (Wildman–Crippen MR) is 66.4 cm³/mol. The van der Waals surface area contributed by atoms with Crippen LogP contribution >= 0.6 is 11.3 Å². The number of hydrogen-bond acceptors (Lipinski definition) is 4. The summed E-state index contributed by atoms with van der Waals surface area (Å²) in [6.07, 6.45) is 1.71. The zero-order valence-corrected chi connectivity index (χ0v) is 9.51. The first-order valence-electron chi connectivity index (χ1n) is 4.91. The Hall–Kier alpha value is -1.88. The van der Waals surface area contributed by atoms with Crippen LogP contribution in [-0.2, 0) is 0 Å². The Bertz CT molecular complexity index is 653. The smallest absolute Gasteiger partial charge is 0.129 e. The minimum atomic E-state index is 0.566. The molecule has 16 heavy (non-hydrogen) atoms. The fourth-order valence-electron chi connectivity index (χ4n) is 1.67. The number of aryl methyl sites for hydroxylation is 1. The monoisotopic (exact) mass is 230 g/mol. The van der Waals surface area contributed by atoms with Gasteiger partial charge in [-0.05, 0) is 18.6 Å². The number of nitrogens with one attached hydrogen (secondary N) is 1. The standard InChI is InChI=1S/C11H10N4S/c1-6-3-2-4-8-9(6)14-11(16-8)7-5-13-15-10(7)12/h2-5H,1H3,(H3,12,13,15). The van der Waals surface area contributed by atoms with E-state index in [4.69, 9.17) is 5.73 Å². The highest BCUT2D eigenvalue weighted by Gasteiger charge is 2.11. The van der Waals surface area contributed by atoms with Gasteiger partial charge in [0.2, 0.25) is 0 Å². The Morgan fingerprint density at radius 1 is 1.38 bits per heavy atom. The fourth-order valence-corrected chi connectivity index (χ4v) is 2.74.